The number of hydrogen-bond donors (Lipinski definition) is 0. The van der Waals surface area contributed by atoms with Crippen molar-refractivity contribution in [2.45, 2.75) is 11.8 Å². The summed E-state index contributed by atoms with van der Waals surface area (Å²) in [6.07, 6.45) is 2.63. The van der Waals surface area contributed by atoms with E-state index in [1.54, 1.807) is 31.2 Å². The van der Waals surface area contributed by atoms with Gasteiger partial charge in [0.25, 0.3) is 10.0 Å². The van der Waals surface area contributed by atoms with Crippen LogP contribution in [0.2, 0.25) is 5.02 Å². The Morgan fingerprint density at radius 2 is 1.97 bits per heavy atom. The van der Waals surface area contributed by atoms with E-state index in [0.29, 0.717) is 10.9 Å². The summed E-state index contributed by atoms with van der Waals surface area (Å²) in [6.45, 7) is 1.87. The molecule has 4 aromatic rings. The quantitative estimate of drug-likeness (QED) is 0.443. The van der Waals surface area contributed by atoms with Crippen LogP contribution in [0.1, 0.15) is 17.5 Å². The molecule has 2 aromatic carbocycles. The number of rotatable bonds is 5. The van der Waals surface area contributed by atoms with Gasteiger partial charge in [0, 0.05) is 16.0 Å². The van der Waals surface area contributed by atoms with Gasteiger partial charge in [-0.05, 0) is 31.2 Å². The Morgan fingerprint density at radius 1 is 1.21 bits per heavy atom. The number of carbonyl (C=O) groups is 1. The van der Waals surface area contributed by atoms with Crippen molar-refractivity contribution < 1.29 is 22.4 Å². The summed E-state index contributed by atoms with van der Waals surface area (Å²) >= 11 is 6.22. The number of esters is 1. The van der Waals surface area contributed by atoms with Crippen LogP contribution < -0.4 is 0 Å². The van der Waals surface area contributed by atoms with E-state index in [2.05, 4.69) is 10.1 Å². The van der Waals surface area contributed by atoms with Crippen LogP contribution in [0.3, 0.4) is 0 Å². The normalized spacial score (nSPS) is 11.7. The lowest BCUT2D eigenvalue weighted by atomic mass is 10.1. The van der Waals surface area contributed by atoms with Gasteiger partial charge >= 0.3 is 5.97 Å². The van der Waals surface area contributed by atoms with Gasteiger partial charge in [0.2, 0.25) is 11.7 Å². The maximum absolute atomic E-state index is 13.0. The molecule has 29 heavy (non-hydrogen) atoms. The molecule has 8 nitrogen and oxygen atoms in total. The van der Waals surface area contributed by atoms with E-state index >= 15 is 0 Å². The first-order valence-corrected chi connectivity index (χ1v) is 10.3. The molecule has 0 amide bonds. The molecular weight excluding hydrogens is 418 g/mol. The molecule has 0 bridgehead atoms. The van der Waals surface area contributed by atoms with Crippen molar-refractivity contribution in [1.29, 1.82) is 0 Å². The third-order valence-corrected chi connectivity index (χ3v) is 5.93. The van der Waals surface area contributed by atoms with Crippen molar-refractivity contribution in [1.82, 2.24) is 14.2 Å². The van der Waals surface area contributed by atoms with E-state index in [-0.39, 0.29) is 33.7 Å². The van der Waals surface area contributed by atoms with Crippen molar-refractivity contribution in [2.24, 2.45) is 0 Å². The van der Waals surface area contributed by atoms with Crippen molar-refractivity contribution >= 4 is 38.5 Å². The molecule has 0 N–H and O–H groups in total. The molecule has 0 unspecified atom stereocenters. The largest absolute Gasteiger partial charge is 0.460 e. The molecular formula is C19H14ClN3O5S. The van der Waals surface area contributed by atoms with E-state index in [0.717, 1.165) is 4.09 Å². The van der Waals surface area contributed by atoms with Crippen molar-refractivity contribution in [3.63, 3.8) is 0 Å². The van der Waals surface area contributed by atoms with Crippen LogP contribution in [0.4, 0.5) is 0 Å². The van der Waals surface area contributed by atoms with Crippen LogP contribution in [-0.4, -0.2) is 35.2 Å². The average molecular weight is 432 g/mol. The Hall–Kier alpha value is -3.17. The second kappa shape index (κ2) is 7.34. The fourth-order valence-electron chi connectivity index (χ4n) is 2.83. The summed E-state index contributed by atoms with van der Waals surface area (Å²) in [5, 5.41) is 4.76. The lowest BCUT2D eigenvalue weighted by Crippen LogP contribution is -2.14. The number of fused-ring (bicyclic) bond motifs is 1. The number of hydrogen-bond acceptors (Lipinski definition) is 7. The zero-order chi connectivity index (χ0) is 20.6. The lowest BCUT2D eigenvalue weighted by Gasteiger charge is -2.07. The molecule has 148 valence electrons. The maximum Gasteiger partial charge on any atom is 0.375 e. The minimum Gasteiger partial charge on any atom is -0.460 e. The molecule has 0 aliphatic rings. The number of ether oxygens (including phenoxy) is 1. The molecule has 4 rings (SSSR count). The molecule has 2 heterocycles. The summed E-state index contributed by atoms with van der Waals surface area (Å²) in [5.74, 6) is -0.622. The van der Waals surface area contributed by atoms with Crippen LogP contribution in [0.15, 0.2) is 64.2 Å². The predicted molar refractivity (Wildman–Crippen MR) is 105 cm³/mol. The first kappa shape index (κ1) is 19.2. The highest BCUT2D eigenvalue weighted by Crippen LogP contribution is 2.33. The molecule has 0 spiro atoms. The van der Waals surface area contributed by atoms with Gasteiger partial charge in [-0.15, -0.1) is 0 Å². The Kier molecular flexibility index (Phi) is 4.85. The summed E-state index contributed by atoms with van der Waals surface area (Å²) in [7, 11) is -3.93. The minimum absolute atomic E-state index is 0.0701. The van der Waals surface area contributed by atoms with Gasteiger partial charge < -0.3 is 9.15 Å². The average Bonchev–Trinajstić information content (AvgIpc) is 3.36. The second-order valence-electron chi connectivity index (χ2n) is 5.94. The maximum atomic E-state index is 13.0. The minimum atomic E-state index is -3.93. The molecule has 0 saturated heterocycles. The first-order chi connectivity index (χ1) is 13.9. The van der Waals surface area contributed by atoms with Crippen LogP contribution >= 0.6 is 11.6 Å². The van der Waals surface area contributed by atoms with Crippen molar-refractivity contribution in [2.75, 3.05) is 6.61 Å². The van der Waals surface area contributed by atoms with Gasteiger partial charge in [-0.2, -0.15) is 17.6 Å². The van der Waals surface area contributed by atoms with Crippen LogP contribution in [-0.2, 0) is 14.8 Å². The number of benzene rings is 2. The summed E-state index contributed by atoms with van der Waals surface area (Å²) in [6, 6.07) is 11.0. The molecule has 0 aliphatic carbocycles. The predicted octanol–water partition coefficient (Wildman–Crippen LogP) is 3.76. The van der Waals surface area contributed by atoms with Gasteiger partial charge in [-0.3, -0.25) is 0 Å². The van der Waals surface area contributed by atoms with Crippen LogP contribution in [0.5, 0.6) is 0 Å². The zero-order valence-corrected chi connectivity index (χ0v) is 16.6. The van der Waals surface area contributed by atoms with E-state index in [1.165, 1.54) is 30.6 Å². The fraction of sp³-hybridized carbons (Fsp3) is 0.105. The van der Waals surface area contributed by atoms with Gasteiger partial charge in [0.05, 0.1) is 29.4 Å². The number of halogens is 1. The second-order valence-corrected chi connectivity index (χ2v) is 8.15. The Labute approximate surface area is 170 Å². The van der Waals surface area contributed by atoms with E-state index < -0.39 is 16.0 Å². The summed E-state index contributed by atoms with van der Waals surface area (Å²) < 4.78 is 37.3. The Morgan fingerprint density at radius 3 is 2.69 bits per heavy atom. The number of nitrogens with zero attached hydrogens (tertiary/aromatic N) is 3. The van der Waals surface area contributed by atoms with Crippen molar-refractivity contribution in [3.05, 3.63) is 65.6 Å². The summed E-state index contributed by atoms with van der Waals surface area (Å²) in [4.78, 5) is 16.0. The van der Waals surface area contributed by atoms with Gasteiger partial charge in [0.1, 0.15) is 0 Å². The smallest absolute Gasteiger partial charge is 0.375 e. The SMILES string of the molecule is CCOC(=O)c1cnc(-c2cc(Cl)cc3c2cnn3S(=O)(=O)c2ccccc2)o1. The topological polar surface area (TPSA) is 104 Å². The third kappa shape index (κ3) is 3.39. The van der Waals surface area contributed by atoms with E-state index in [9.17, 15) is 13.2 Å². The highest BCUT2D eigenvalue weighted by Gasteiger charge is 2.23. The Bertz CT molecular complexity index is 1310. The fourth-order valence-corrected chi connectivity index (χ4v) is 4.32. The molecule has 0 aliphatic heterocycles. The molecule has 0 saturated carbocycles. The van der Waals surface area contributed by atoms with Crippen molar-refractivity contribution in [3.8, 4) is 11.5 Å². The molecule has 0 radical (unpaired) electrons. The van der Waals surface area contributed by atoms with Crippen LogP contribution in [0, 0.1) is 0 Å². The van der Waals surface area contributed by atoms with Gasteiger partial charge in [-0.1, -0.05) is 29.8 Å². The lowest BCUT2D eigenvalue weighted by molar-refractivity contribution is 0.0491. The number of aromatic nitrogens is 3. The standard InChI is InChI=1S/C19H14ClN3O5S/c1-2-27-19(24)17-11-21-18(28-17)14-8-12(20)9-16-15(14)10-22-23(16)29(25,26)13-6-4-3-5-7-13/h3-11H,2H2,1H3. The van der Waals surface area contributed by atoms with E-state index in [4.69, 9.17) is 20.8 Å². The first-order valence-electron chi connectivity index (χ1n) is 8.53. The van der Waals surface area contributed by atoms with Gasteiger partial charge in [0.15, 0.2) is 0 Å². The van der Waals surface area contributed by atoms with Gasteiger partial charge in [-0.25, -0.2) is 9.78 Å². The third-order valence-electron chi connectivity index (χ3n) is 4.10. The zero-order valence-electron chi connectivity index (χ0n) is 15.1. The number of carbonyl (C=O) groups excluding carboxylic acids is 1. The molecule has 10 heteroatoms. The van der Waals surface area contributed by atoms with Crippen LogP contribution in [0.25, 0.3) is 22.4 Å². The molecule has 0 fully saturated rings. The molecule has 2 aromatic heterocycles. The highest BCUT2D eigenvalue weighted by atomic mass is 35.5. The van der Waals surface area contributed by atoms with E-state index in [1.807, 2.05) is 0 Å². The monoisotopic (exact) mass is 431 g/mol. The molecule has 0 atom stereocenters. The number of oxazole rings is 1. The Balaban J connectivity index is 1.86. The summed E-state index contributed by atoms with van der Waals surface area (Å²) in [5.41, 5.74) is 0.657. The highest BCUT2D eigenvalue weighted by molar-refractivity contribution is 7.90.